The van der Waals surface area contributed by atoms with Crippen molar-refractivity contribution in [1.29, 1.82) is 0 Å². The Bertz CT molecular complexity index is 1300. The van der Waals surface area contributed by atoms with Crippen LogP contribution in [0.25, 0.3) is 10.8 Å². The molecule has 1 N–H and O–H groups in total. The smallest absolute Gasteiger partial charge is 0.250 e. The van der Waals surface area contributed by atoms with Crippen LogP contribution in [0, 0.1) is 0 Å². The highest BCUT2D eigenvalue weighted by Gasteiger charge is 2.35. The van der Waals surface area contributed by atoms with E-state index in [-0.39, 0.29) is 17.9 Å². The number of nitrogens with one attached hydrogen (secondary N) is 1. The molecule has 0 saturated carbocycles. The van der Waals surface area contributed by atoms with Crippen molar-refractivity contribution in [2.24, 2.45) is 0 Å². The molecule has 0 aliphatic carbocycles. The molecule has 1 aliphatic rings. The molecule has 0 aromatic heterocycles. The van der Waals surface area contributed by atoms with E-state index in [1.165, 1.54) is 0 Å². The van der Waals surface area contributed by atoms with Crippen molar-refractivity contribution < 1.29 is 18.4 Å². The molecule has 10 heteroatoms. The van der Waals surface area contributed by atoms with Crippen LogP contribution in [0.15, 0.2) is 60.7 Å². The number of anilines is 3. The number of nitrogens with zero attached hydrogens (tertiary/aromatic N) is 3. The lowest BCUT2D eigenvalue weighted by Crippen LogP contribution is -2.53. The molecule has 3 aromatic carbocycles. The van der Waals surface area contributed by atoms with Crippen LogP contribution >= 0.6 is 11.6 Å². The molecule has 1 heterocycles. The van der Waals surface area contributed by atoms with E-state index in [9.17, 15) is 18.4 Å². The summed E-state index contributed by atoms with van der Waals surface area (Å²) in [6.45, 7) is 2.29. The number of rotatable bonds is 7. The largest absolute Gasteiger partial charge is 0.755 e. The topological polar surface area (TPSA) is 96.0 Å². The fraction of sp³-hybridized carbons (Fsp3) is 0.308. The molecule has 0 bridgehead atoms. The zero-order chi connectivity index (χ0) is 26.0. The standard InChI is InChI=1S/C26H29ClN4O4S/c1-17(29(2)3)25(32)28-21-9-12-22(13-10-21)30-14-4-5-24(26(30)33)31(36(34)35)23-11-7-18-15-20(27)8-6-19(18)16-23/h6-13,15-17,24H,4-5,14H2,1-3H3,(H,28,32)(H,34,35)/p-1. The number of fused-ring (bicyclic) bond motifs is 1. The molecule has 3 aromatic rings. The number of carbonyl (C=O) groups excluding carboxylic acids is 2. The third kappa shape index (κ3) is 5.54. The first kappa shape index (κ1) is 26.1. The van der Waals surface area contributed by atoms with Crippen LogP contribution in [0.3, 0.4) is 0 Å². The summed E-state index contributed by atoms with van der Waals surface area (Å²) in [4.78, 5) is 29.2. The molecule has 0 radical (unpaired) electrons. The number of amides is 2. The van der Waals surface area contributed by atoms with Crippen molar-refractivity contribution in [3.05, 3.63) is 65.7 Å². The van der Waals surface area contributed by atoms with Crippen LogP contribution in [0.1, 0.15) is 19.8 Å². The van der Waals surface area contributed by atoms with Gasteiger partial charge in [0.1, 0.15) is 6.04 Å². The summed E-state index contributed by atoms with van der Waals surface area (Å²) < 4.78 is 25.8. The number of halogens is 1. The monoisotopic (exact) mass is 527 g/mol. The fourth-order valence-electron chi connectivity index (χ4n) is 4.25. The quantitative estimate of drug-likeness (QED) is 0.465. The van der Waals surface area contributed by atoms with Gasteiger partial charge in [0.15, 0.2) is 0 Å². The molecule has 1 saturated heterocycles. The van der Waals surface area contributed by atoms with Crippen LogP contribution < -0.4 is 14.5 Å². The first-order chi connectivity index (χ1) is 17.2. The first-order valence-corrected chi connectivity index (χ1v) is 13.0. The maximum absolute atomic E-state index is 13.5. The molecule has 1 aliphatic heterocycles. The van der Waals surface area contributed by atoms with Gasteiger partial charge in [-0.15, -0.1) is 0 Å². The van der Waals surface area contributed by atoms with Crippen LogP contribution in [0.2, 0.25) is 5.02 Å². The zero-order valence-corrected chi connectivity index (χ0v) is 21.9. The van der Waals surface area contributed by atoms with Gasteiger partial charge in [-0.05, 0) is 93.2 Å². The lowest BCUT2D eigenvalue weighted by Gasteiger charge is -2.40. The molecule has 190 valence electrons. The van der Waals surface area contributed by atoms with Crippen LogP contribution in [0.5, 0.6) is 0 Å². The second kappa shape index (κ2) is 11.0. The average Bonchev–Trinajstić information content (AvgIpc) is 2.85. The first-order valence-electron chi connectivity index (χ1n) is 11.6. The number of piperidine rings is 1. The van der Waals surface area contributed by atoms with Crippen LogP contribution in [0.4, 0.5) is 17.1 Å². The van der Waals surface area contributed by atoms with Crippen LogP contribution in [-0.2, 0) is 20.9 Å². The molecule has 0 spiro atoms. The van der Waals surface area contributed by atoms with Crippen molar-refractivity contribution >= 4 is 62.5 Å². The normalized spacial score (nSPS) is 17.8. The Balaban J connectivity index is 1.55. The van der Waals surface area contributed by atoms with Crippen LogP contribution in [-0.4, -0.2) is 58.2 Å². The van der Waals surface area contributed by atoms with Gasteiger partial charge in [-0.25, -0.2) is 0 Å². The summed E-state index contributed by atoms with van der Waals surface area (Å²) in [7, 11) is 3.66. The summed E-state index contributed by atoms with van der Waals surface area (Å²) in [6.07, 6.45) is 1.06. The SMILES string of the molecule is CC(C(=O)Nc1ccc(N2CCCC(N(c3ccc4cc(Cl)ccc4c3)S(=O)[O-])C2=O)cc1)N(C)C. The lowest BCUT2D eigenvalue weighted by molar-refractivity contribution is -0.121. The maximum Gasteiger partial charge on any atom is 0.250 e. The highest BCUT2D eigenvalue weighted by molar-refractivity contribution is 7.80. The van der Waals surface area contributed by atoms with E-state index < -0.39 is 17.3 Å². The minimum Gasteiger partial charge on any atom is -0.755 e. The summed E-state index contributed by atoms with van der Waals surface area (Å²) in [5.41, 5.74) is 1.69. The number of hydrogen-bond donors (Lipinski definition) is 1. The Morgan fingerprint density at radius 2 is 1.78 bits per heavy atom. The number of hydrogen-bond acceptors (Lipinski definition) is 5. The molecule has 4 rings (SSSR count). The van der Waals surface area contributed by atoms with Gasteiger partial charge in [0.2, 0.25) is 5.91 Å². The van der Waals surface area contributed by atoms with Gasteiger partial charge in [-0.2, -0.15) is 0 Å². The van der Waals surface area contributed by atoms with Crippen molar-refractivity contribution in [2.75, 3.05) is 35.2 Å². The Morgan fingerprint density at radius 1 is 1.11 bits per heavy atom. The second-order valence-corrected chi connectivity index (χ2v) is 10.3. The fourth-order valence-corrected chi connectivity index (χ4v) is 5.12. The second-order valence-electron chi connectivity index (χ2n) is 9.04. The van der Waals surface area contributed by atoms with Gasteiger partial charge in [-0.1, -0.05) is 23.7 Å². The number of benzene rings is 3. The Kier molecular flexibility index (Phi) is 7.94. The van der Waals surface area contributed by atoms with Gasteiger partial charge in [0.05, 0.1) is 6.04 Å². The van der Waals surface area contributed by atoms with E-state index in [2.05, 4.69) is 5.32 Å². The minimum absolute atomic E-state index is 0.131. The predicted octanol–water partition coefficient (Wildman–Crippen LogP) is 4.18. The molecule has 36 heavy (non-hydrogen) atoms. The van der Waals surface area contributed by atoms with Gasteiger partial charge in [-0.3, -0.25) is 23.0 Å². The van der Waals surface area contributed by atoms with Crippen molar-refractivity contribution in [3.8, 4) is 0 Å². The molecule has 2 amide bonds. The Hall–Kier alpha value is -2.98. The maximum atomic E-state index is 13.5. The molecule has 3 unspecified atom stereocenters. The molecular formula is C26H28ClN4O4S-. The third-order valence-corrected chi connectivity index (χ3v) is 7.52. The molecular weight excluding hydrogens is 500 g/mol. The van der Waals surface area contributed by atoms with E-state index in [0.29, 0.717) is 41.5 Å². The minimum atomic E-state index is -2.65. The molecule has 3 atom stereocenters. The van der Waals surface area contributed by atoms with E-state index in [4.69, 9.17) is 11.6 Å². The van der Waals surface area contributed by atoms with E-state index in [1.807, 2.05) is 32.0 Å². The molecule has 1 fully saturated rings. The number of likely N-dealkylation sites (N-methyl/N-ethyl adjacent to an activating group) is 1. The molecule has 8 nitrogen and oxygen atoms in total. The van der Waals surface area contributed by atoms with E-state index in [1.54, 1.807) is 59.5 Å². The highest BCUT2D eigenvalue weighted by Crippen LogP contribution is 2.31. The van der Waals surface area contributed by atoms with Gasteiger partial charge in [0.25, 0.3) is 5.91 Å². The Morgan fingerprint density at radius 3 is 2.44 bits per heavy atom. The zero-order valence-electron chi connectivity index (χ0n) is 20.3. The highest BCUT2D eigenvalue weighted by atomic mass is 35.5. The summed E-state index contributed by atoms with van der Waals surface area (Å²) in [6, 6.07) is 16.5. The van der Waals surface area contributed by atoms with Crippen molar-refractivity contribution in [1.82, 2.24) is 4.90 Å². The van der Waals surface area contributed by atoms with Gasteiger partial charge < -0.3 is 14.8 Å². The van der Waals surface area contributed by atoms with Gasteiger partial charge >= 0.3 is 0 Å². The lowest BCUT2D eigenvalue weighted by atomic mass is 10.0. The summed E-state index contributed by atoms with van der Waals surface area (Å²) in [5.74, 6) is -0.423. The number of carbonyl (C=O) groups is 2. The average molecular weight is 528 g/mol. The van der Waals surface area contributed by atoms with Crippen molar-refractivity contribution in [2.45, 2.75) is 31.8 Å². The Labute approximate surface area is 218 Å². The van der Waals surface area contributed by atoms with Gasteiger partial charge in [0, 0.05) is 39.9 Å². The predicted molar refractivity (Wildman–Crippen MR) is 144 cm³/mol. The van der Waals surface area contributed by atoms with E-state index >= 15 is 0 Å². The van der Waals surface area contributed by atoms with E-state index in [0.717, 1.165) is 15.1 Å². The summed E-state index contributed by atoms with van der Waals surface area (Å²) >= 11 is 3.41. The third-order valence-electron chi connectivity index (χ3n) is 6.49. The summed E-state index contributed by atoms with van der Waals surface area (Å²) in [5, 5.41) is 5.17. The van der Waals surface area contributed by atoms with Crippen molar-refractivity contribution in [3.63, 3.8) is 0 Å².